The molecular weight excluding hydrogens is 204 g/mol. The van der Waals surface area contributed by atoms with Gasteiger partial charge in [-0.1, -0.05) is 26.7 Å². The fraction of sp³-hybridized carbons (Fsp3) is 1.00. The van der Waals surface area contributed by atoms with Gasteiger partial charge < -0.3 is 8.85 Å². The minimum atomic E-state index is -1.80. The summed E-state index contributed by atoms with van der Waals surface area (Å²) in [7, 11) is -1.80. The molecule has 3 heteroatoms. The van der Waals surface area contributed by atoms with Gasteiger partial charge in [0.15, 0.2) is 0 Å². The average Bonchev–Trinajstić information content (AvgIpc) is 3.06. The molecular formula is C12H26O2Si. The zero-order valence-corrected chi connectivity index (χ0v) is 11.6. The lowest BCUT2D eigenvalue weighted by Crippen LogP contribution is -2.43. The van der Waals surface area contributed by atoms with Gasteiger partial charge in [-0.15, -0.1) is 0 Å². The third-order valence-electron chi connectivity index (χ3n) is 3.02. The first-order valence-electron chi connectivity index (χ1n) is 6.57. The first-order chi connectivity index (χ1) is 7.29. The van der Waals surface area contributed by atoms with Crippen LogP contribution in [-0.2, 0) is 8.85 Å². The maximum absolute atomic E-state index is 6.16. The molecule has 0 aliphatic heterocycles. The molecule has 90 valence electrons. The predicted molar refractivity (Wildman–Crippen MR) is 66.3 cm³/mol. The topological polar surface area (TPSA) is 18.5 Å². The molecule has 1 saturated carbocycles. The molecule has 1 aliphatic rings. The Hall–Kier alpha value is 0.137. The fourth-order valence-corrected chi connectivity index (χ4v) is 6.27. The van der Waals surface area contributed by atoms with E-state index in [1.54, 1.807) is 0 Å². The van der Waals surface area contributed by atoms with E-state index in [1.165, 1.54) is 31.7 Å². The molecule has 0 heterocycles. The summed E-state index contributed by atoms with van der Waals surface area (Å²) in [4.78, 5) is 0. The molecule has 0 aromatic heterocycles. The van der Waals surface area contributed by atoms with Gasteiger partial charge in [0.1, 0.15) is 0 Å². The number of rotatable bonds is 9. The largest absolute Gasteiger partial charge is 0.394 e. The Bertz CT molecular complexity index is 161. The van der Waals surface area contributed by atoms with Crippen LogP contribution in [0.1, 0.15) is 52.9 Å². The molecule has 0 aromatic rings. The zero-order chi connectivity index (χ0) is 11.1. The van der Waals surface area contributed by atoms with Crippen LogP contribution in [0.5, 0.6) is 0 Å². The number of hydrogen-bond donors (Lipinski definition) is 0. The van der Waals surface area contributed by atoms with Crippen LogP contribution >= 0.6 is 0 Å². The van der Waals surface area contributed by atoms with Crippen molar-refractivity contribution in [2.75, 3.05) is 13.2 Å². The molecule has 1 unspecified atom stereocenters. The maximum atomic E-state index is 6.16. The van der Waals surface area contributed by atoms with Gasteiger partial charge in [0, 0.05) is 18.8 Å². The maximum Gasteiger partial charge on any atom is 0.341 e. The lowest BCUT2D eigenvalue weighted by atomic mass is 10.4. The van der Waals surface area contributed by atoms with E-state index in [9.17, 15) is 0 Å². The molecule has 1 rings (SSSR count). The fourth-order valence-electron chi connectivity index (χ4n) is 2.09. The summed E-state index contributed by atoms with van der Waals surface area (Å²) >= 11 is 0. The molecule has 0 saturated heterocycles. The van der Waals surface area contributed by atoms with Crippen LogP contribution in [0.3, 0.4) is 0 Å². The van der Waals surface area contributed by atoms with Crippen molar-refractivity contribution in [3.8, 4) is 0 Å². The van der Waals surface area contributed by atoms with E-state index < -0.39 is 8.56 Å². The van der Waals surface area contributed by atoms with E-state index >= 15 is 0 Å². The first kappa shape index (κ1) is 13.2. The Labute approximate surface area is 95.6 Å². The highest BCUT2D eigenvalue weighted by molar-refractivity contribution is 6.69. The average molecular weight is 230 g/mol. The summed E-state index contributed by atoms with van der Waals surface area (Å²) in [6, 6.07) is 1.21. The van der Waals surface area contributed by atoms with Crippen molar-refractivity contribution in [2.24, 2.45) is 0 Å². The standard InChI is InChI=1S/C12H26O2Si/c1-4-7-11-15(13-6-3,12-8-9-12)14-10-5-2/h12H,4-11H2,1-3H3. The molecule has 0 bridgehead atoms. The van der Waals surface area contributed by atoms with Crippen molar-refractivity contribution in [3.63, 3.8) is 0 Å². The SMILES string of the molecule is CCCC[Si](OCC)(OCCC)C1CC1. The van der Waals surface area contributed by atoms with Crippen molar-refractivity contribution >= 4 is 8.56 Å². The van der Waals surface area contributed by atoms with Crippen LogP contribution in [0.2, 0.25) is 11.6 Å². The summed E-state index contributed by atoms with van der Waals surface area (Å²) in [6.45, 7) is 8.25. The highest BCUT2D eigenvalue weighted by Crippen LogP contribution is 2.48. The summed E-state index contributed by atoms with van der Waals surface area (Å²) < 4.78 is 12.2. The zero-order valence-electron chi connectivity index (χ0n) is 10.6. The lowest BCUT2D eigenvalue weighted by Gasteiger charge is -2.30. The van der Waals surface area contributed by atoms with E-state index in [1.807, 2.05) is 0 Å². The monoisotopic (exact) mass is 230 g/mol. The van der Waals surface area contributed by atoms with Crippen LogP contribution < -0.4 is 0 Å². The van der Waals surface area contributed by atoms with Gasteiger partial charge in [-0.3, -0.25) is 0 Å². The molecule has 0 spiro atoms. The highest BCUT2D eigenvalue weighted by Gasteiger charge is 2.50. The van der Waals surface area contributed by atoms with Crippen molar-refractivity contribution in [2.45, 2.75) is 64.5 Å². The second kappa shape index (κ2) is 6.66. The Kier molecular flexibility index (Phi) is 5.86. The Morgan fingerprint density at radius 1 is 1.07 bits per heavy atom. The third-order valence-corrected chi connectivity index (χ3v) is 7.36. The Balaban J connectivity index is 2.51. The molecule has 0 aromatic carbocycles. The Morgan fingerprint density at radius 2 is 1.80 bits per heavy atom. The van der Waals surface area contributed by atoms with Crippen LogP contribution in [0.4, 0.5) is 0 Å². The molecule has 1 atom stereocenters. The molecule has 0 N–H and O–H groups in total. The molecule has 1 aliphatic carbocycles. The van der Waals surface area contributed by atoms with Crippen LogP contribution in [0, 0.1) is 0 Å². The van der Waals surface area contributed by atoms with Crippen molar-refractivity contribution < 1.29 is 8.85 Å². The second-order valence-corrected chi connectivity index (χ2v) is 7.99. The smallest absolute Gasteiger partial charge is 0.341 e. The quantitative estimate of drug-likeness (QED) is 0.560. The highest BCUT2D eigenvalue weighted by atomic mass is 28.4. The van der Waals surface area contributed by atoms with Crippen molar-refractivity contribution in [3.05, 3.63) is 0 Å². The molecule has 0 radical (unpaired) electrons. The van der Waals surface area contributed by atoms with E-state index in [4.69, 9.17) is 8.85 Å². The Morgan fingerprint density at radius 3 is 2.27 bits per heavy atom. The van der Waals surface area contributed by atoms with Crippen LogP contribution in [0.15, 0.2) is 0 Å². The minimum absolute atomic E-state index is 0.801. The minimum Gasteiger partial charge on any atom is -0.394 e. The van der Waals surface area contributed by atoms with Gasteiger partial charge in [0.2, 0.25) is 0 Å². The molecule has 0 amide bonds. The predicted octanol–water partition coefficient (Wildman–Crippen LogP) is 3.86. The van der Waals surface area contributed by atoms with E-state index in [0.29, 0.717) is 0 Å². The van der Waals surface area contributed by atoms with Gasteiger partial charge in [-0.05, 0) is 32.2 Å². The second-order valence-electron chi connectivity index (χ2n) is 4.47. The summed E-state index contributed by atoms with van der Waals surface area (Å²) in [5.74, 6) is 0. The normalized spacial score (nSPS) is 20.2. The van der Waals surface area contributed by atoms with Crippen molar-refractivity contribution in [1.82, 2.24) is 0 Å². The van der Waals surface area contributed by atoms with Gasteiger partial charge in [-0.25, -0.2) is 0 Å². The van der Waals surface area contributed by atoms with Crippen LogP contribution in [-0.4, -0.2) is 21.8 Å². The third kappa shape index (κ3) is 3.89. The van der Waals surface area contributed by atoms with E-state index in [-0.39, 0.29) is 0 Å². The lowest BCUT2D eigenvalue weighted by molar-refractivity contribution is 0.172. The summed E-state index contributed by atoms with van der Waals surface area (Å²) in [5.41, 5.74) is 0.801. The van der Waals surface area contributed by atoms with Gasteiger partial charge in [-0.2, -0.15) is 0 Å². The molecule has 2 nitrogen and oxygen atoms in total. The number of hydrogen-bond acceptors (Lipinski definition) is 2. The summed E-state index contributed by atoms with van der Waals surface area (Å²) in [5, 5.41) is 0. The van der Waals surface area contributed by atoms with Crippen molar-refractivity contribution in [1.29, 1.82) is 0 Å². The molecule has 15 heavy (non-hydrogen) atoms. The van der Waals surface area contributed by atoms with Gasteiger partial charge >= 0.3 is 8.56 Å². The van der Waals surface area contributed by atoms with E-state index in [0.717, 1.165) is 25.2 Å². The van der Waals surface area contributed by atoms with Crippen LogP contribution in [0.25, 0.3) is 0 Å². The van der Waals surface area contributed by atoms with Gasteiger partial charge in [0.05, 0.1) is 0 Å². The summed E-state index contributed by atoms with van der Waals surface area (Å²) in [6.07, 6.45) is 6.33. The molecule has 1 fully saturated rings. The number of unbranched alkanes of at least 4 members (excludes halogenated alkanes) is 1. The van der Waals surface area contributed by atoms with Gasteiger partial charge in [0.25, 0.3) is 0 Å². The first-order valence-corrected chi connectivity index (χ1v) is 8.67. The van der Waals surface area contributed by atoms with E-state index in [2.05, 4.69) is 20.8 Å².